The fourth-order valence-corrected chi connectivity index (χ4v) is 2.34. The van der Waals surface area contributed by atoms with Crippen molar-refractivity contribution >= 4 is 11.8 Å². The number of unbranched alkanes of at least 4 members (excludes halogenated alkanes) is 2. The number of carbonyl (C=O) groups is 2. The Morgan fingerprint density at radius 2 is 1.35 bits per heavy atom. The van der Waals surface area contributed by atoms with Crippen molar-refractivity contribution < 1.29 is 14.3 Å². The van der Waals surface area contributed by atoms with Crippen LogP contribution >= 0.6 is 0 Å². The Bertz CT molecular complexity index is 605. The predicted molar refractivity (Wildman–Crippen MR) is 89.9 cm³/mol. The van der Waals surface area contributed by atoms with Gasteiger partial charge in [0, 0.05) is 6.42 Å². The van der Waals surface area contributed by atoms with Crippen molar-refractivity contribution in [3.8, 4) is 0 Å². The molecule has 0 aromatic heterocycles. The monoisotopic (exact) mass is 310 g/mol. The van der Waals surface area contributed by atoms with E-state index in [4.69, 9.17) is 4.74 Å². The molecule has 0 bridgehead atoms. The second-order valence-electron chi connectivity index (χ2n) is 5.53. The summed E-state index contributed by atoms with van der Waals surface area (Å²) in [4.78, 5) is 23.4. The summed E-state index contributed by atoms with van der Waals surface area (Å²) in [6, 6.07) is 19.6. The van der Waals surface area contributed by atoms with Gasteiger partial charge in [-0.2, -0.15) is 0 Å². The molecule has 3 heteroatoms. The molecule has 0 aliphatic heterocycles. The lowest BCUT2D eigenvalue weighted by Gasteiger charge is -2.04. The minimum Gasteiger partial charge on any atom is -0.455 e. The molecule has 23 heavy (non-hydrogen) atoms. The van der Waals surface area contributed by atoms with Crippen molar-refractivity contribution in [2.75, 3.05) is 0 Å². The second-order valence-corrected chi connectivity index (χ2v) is 5.53. The van der Waals surface area contributed by atoms with E-state index >= 15 is 0 Å². The number of carbonyl (C=O) groups excluding carboxylic acids is 2. The first-order valence-electron chi connectivity index (χ1n) is 8.03. The summed E-state index contributed by atoms with van der Waals surface area (Å²) >= 11 is 0. The first kappa shape index (κ1) is 16.9. The van der Waals surface area contributed by atoms with Crippen LogP contribution in [0.2, 0.25) is 0 Å². The highest BCUT2D eigenvalue weighted by molar-refractivity contribution is 6.33. The lowest BCUT2D eigenvalue weighted by atomic mass is 10.1. The number of aryl methyl sites for hydroxylation is 1. The van der Waals surface area contributed by atoms with Crippen LogP contribution in [0.4, 0.5) is 0 Å². The molecular weight excluding hydrogens is 288 g/mol. The minimum absolute atomic E-state index is 0.152. The number of hydrogen-bond acceptors (Lipinski definition) is 3. The number of ketones is 1. The van der Waals surface area contributed by atoms with E-state index in [1.165, 1.54) is 5.56 Å². The van der Waals surface area contributed by atoms with Crippen molar-refractivity contribution in [2.45, 2.75) is 38.7 Å². The first-order chi connectivity index (χ1) is 11.3. The lowest BCUT2D eigenvalue weighted by molar-refractivity contribution is -0.154. The third kappa shape index (κ3) is 6.47. The lowest BCUT2D eigenvalue weighted by Crippen LogP contribution is -2.17. The van der Waals surface area contributed by atoms with Crippen LogP contribution < -0.4 is 0 Å². The largest absolute Gasteiger partial charge is 0.455 e. The molecule has 0 heterocycles. The van der Waals surface area contributed by atoms with E-state index in [0.29, 0.717) is 0 Å². The van der Waals surface area contributed by atoms with E-state index in [1.807, 2.05) is 48.5 Å². The van der Waals surface area contributed by atoms with E-state index in [1.54, 1.807) is 0 Å². The van der Waals surface area contributed by atoms with Crippen molar-refractivity contribution in [3.05, 3.63) is 71.8 Å². The van der Waals surface area contributed by atoms with Gasteiger partial charge in [0.15, 0.2) is 0 Å². The van der Waals surface area contributed by atoms with Crippen LogP contribution in [-0.4, -0.2) is 11.8 Å². The molecule has 0 N–H and O–H groups in total. The predicted octanol–water partition coefficient (Wildman–Crippen LogP) is 4.10. The Labute approximate surface area is 137 Å². The van der Waals surface area contributed by atoms with E-state index < -0.39 is 11.8 Å². The summed E-state index contributed by atoms with van der Waals surface area (Å²) in [5.74, 6) is -1.16. The Balaban J connectivity index is 1.58. The summed E-state index contributed by atoms with van der Waals surface area (Å²) in [5.41, 5.74) is 2.19. The highest BCUT2D eigenvalue weighted by Crippen LogP contribution is 2.08. The molecule has 120 valence electrons. The molecule has 2 aromatic carbocycles. The number of benzene rings is 2. The molecular formula is C20H22O3. The Hall–Kier alpha value is -2.42. The highest BCUT2D eigenvalue weighted by Gasteiger charge is 2.14. The molecule has 3 nitrogen and oxygen atoms in total. The van der Waals surface area contributed by atoms with Gasteiger partial charge in [-0.05, 0) is 30.4 Å². The Kier molecular flexibility index (Phi) is 7.05. The van der Waals surface area contributed by atoms with E-state index in [2.05, 4.69) is 12.1 Å². The first-order valence-corrected chi connectivity index (χ1v) is 8.03. The molecule has 0 atom stereocenters. The quantitative estimate of drug-likeness (QED) is 0.398. The van der Waals surface area contributed by atoms with E-state index in [9.17, 15) is 9.59 Å². The molecule has 0 aliphatic carbocycles. The topological polar surface area (TPSA) is 43.4 Å². The van der Waals surface area contributed by atoms with Gasteiger partial charge in [0.25, 0.3) is 0 Å². The van der Waals surface area contributed by atoms with Crippen LogP contribution in [0, 0.1) is 0 Å². The van der Waals surface area contributed by atoms with E-state index in [-0.39, 0.29) is 13.0 Å². The van der Waals surface area contributed by atoms with Crippen molar-refractivity contribution in [3.63, 3.8) is 0 Å². The van der Waals surface area contributed by atoms with Crippen LogP contribution in [0.25, 0.3) is 0 Å². The summed E-state index contributed by atoms with van der Waals surface area (Å²) < 4.78 is 5.03. The number of ether oxygens (including phenoxy) is 1. The van der Waals surface area contributed by atoms with Crippen molar-refractivity contribution in [1.82, 2.24) is 0 Å². The number of esters is 1. The van der Waals surface area contributed by atoms with Crippen LogP contribution in [0.3, 0.4) is 0 Å². The van der Waals surface area contributed by atoms with Crippen LogP contribution in [0.5, 0.6) is 0 Å². The summed E-state index contributed by atoms with van der Waals surface area (Å²) in [7, 11) is 0. The van der Waals surface area contributed by atoms with Crippen molar-refractivity contribution in [2.24, 2.45) is 0 Å². The molecule has 0 amide bonds. The van der Waals surface area contributed by atoms with E-state index in [0.717, 1.165) is 31.2 Å². The standard InChI is InChI=1S/C20H22O3/c21-19(20(22)23-16-18-13-7-2-8-14-18)15-9-3-6-12-17-10-4-1-5-11-17/h1-2,4-5,7-8,10-11,13-14H,3,6,9,12,15-16H2. The number of rotatable bonds is 9. The fourth-order valence-electron chi connectivity index (χ4n) is 2.34. The average molecular weight is 310 g/mol. The molecule has 0 saturated carbocycles. The summed E-state index contributed by atoms with van der Waals surface area (Å²) in [5, 5.41) is 0. The van der Waals surface area contributed by atoms with Crippen molar-refractivity contribution in [1.29, 1.82) is 0 Å². The van der Waals surface area contributed by atoms with Gasteiger partial charge in [0.2, 0.25) is 5.78 Å². The van der Waals surface area contributed by atoms with Gasteiger partial charge in [-0.1, -0.05) is 67.1 Å². The van der Waals surface area contributed by atoms with Gasteiger partial charge in [-0.25, -0.2) is 4.79 Å². The fraction of sp³-hybridized carbons (Fsp3) is 0.300. The number of Topliss-reactive ketones (excluding diaryl/α,β-unsaturated/α-hetero) is 1. The zero-order valence-corrected chi connectivity index (χ0v) is 13.2. The molecule has 0 aliphatic rings. The molecule has 0 fully saturated rings. The van der Waals surface area contributed by atoms with Gasteiger partial charge in [0.1, 0.15) is 6.61 Å². The smallest absolute Gasteiger partial charge is 0.374 e. The Morgan fingerprint density at radius 1 is 0.739 bits per heavy atom. The molecule has 2 aromatic rings. The van der Waals surface area contributed by atoms with Gasteiger partial charge in [-0.15, -0.1) is 0 Å². The zero-order valence-electron chi connectivity index (χ0n) is 13.2. The second kappa shape index (κ2) is 9.57. The molecule has 2 rings (SSSR count). The van der Waals surface area contributed by atoms with Crippen LogP contribution in [0.1, 0.15) is 36.8 Å². The van der Waals surface area contributed by atoms with Crippen LogP contribution in [-0.2, 0) is 27.4 Å². The minimum atomic E-state index is -0.725. The molecule has 0 spiro atoms. The highest BCUT2D eigenvalue weighted by atomic mass is 16.5. The summed E-state index contributed by atoms with van der Waals surface area (Å²) in [6.07, 6.45) is 3.96. The summed E-state index contributed by atoms with van der Waals surface area (Å²) in [6.45, 7) is 0.152. The maximum atomic E-state index is 11.7. The van der Waals surface area contributed by atoms with Gasteiger partial charge in [-0.3, -0.25) is 4.79 Å². The number of hydrogen-bond donors (Lipinski definition) is 0. The maximum absolute atomic E-state index is 11.7. The zero-order chi connectivity index (χ0) is 16.3. The normalized spacial score (nSPS) is 10.3. The van der Waals surface area contributed by atoms with Crippen LogP contribution in [0.15, 0.2) is 60.7 Å². The van der Waals surface area contributed by atoms with Gasteiger partial charge < -0.3 is 4.74 Å². The van der Waals surface area contributed by atoms with Gasteiger partial charge in [0.05, 0.1) is 0 Å². The average Bonchev–Trinajstić information content (AvgIpc) is 2.61. The molecule has 0 radical (unpaired) electrons. The third-order valence-electron chi connectivity index (χ3n) is 3.65. The molecule has 0 unspecified atom stereocenters. The SMILES string of the molecule is O=C(CCCCCc1ccccc1)C(=O)OCc1ccccc1. The maximum Gasteiger partial charge on any atom is 0.374 e. The Morgan fingerprint density at radius 3 is 2.00 bits per heavy atom. The molecule has 0 saturated heterocycles. The van der Waals surface area contributed by atoms with Gasteiger partial charge >= 0.3 is 5.97 Å². The third-order valence-corrected chi connectivity index (χ3v) is 3.65.